The minimum Gasteiger partial charge on any atom is -0.390 e. The second kappa shape index (κ2) is 8.43. The molecule has 0 radical (unpaired) electrons. The number of fused-ring (bicyclic) bond motifs is 1. The number of benzene rings is 2. The van der Waals surface area contributed by atoms with Crippen LogP contribution < -0.4 is 0 Å². The van der Waals surface area contributed by atoms with Crippen LogP contribution in [0.4, 0.5) is 0 Å². The number of morpholine rings is 1. The molecular weight excluding hydrogens is 316 g/mol. The minimum absolute atomic E-state index is 0.0244. The fourth-order valence-electron chi connectivity index (χ4n) is 3.22. The van der Waals surface area contributed by atoms with Crippen molar-refractivity contribution >= 4 is 16.7 Å². The van der Waals surface area contributed by atoms with Crippen molar-refractivity contribution in [2.24, 2.45) is 0 Å². The maximum Gasteiger partial charge on any atom is 0.226 e. The summed E-state index contributed by atoms with van der Waals surface area (Å²) in [6.07, 6.45) is -0.185. The van der Waals surface area contributed by atoms with Crippen molar-refractivity contribution in [3.63, 3.8) is 0 Å². The van der Waals surface area contributed by atoms with Gasteiger partial charge in [-0.25, -0.2) is 0 Å². The van der Waals surface area contributed by atoms with Crippen LogP contribution >= 0.6 is 0 Å². The van der Waals surface area contributed by atoms with Crippen LogP contribution in [0.3, 0.4) is 0 Å². The number of hydrogen-bond acceptors (Lipinski definition) is 4. The number of aliphatic hydroxyl groups excluding tert-OH is 1. The molecule has 2 aromatic carbocycles. The number of carbonyl (C=O) groups is 1. The Morgan fingerprint density at radius 3 is 2.68 bits per heavy atom. The lowest BCUT2D eigenvalue weighted by molar-refractivity contribution is -0.130. The summed E-state index contributed by atoms with van der Waals surface area (Å²) in [6.45, 7) is 4.03. The third-order valence-electron chi connectivity index (χ3n) is 4.65. The van der Waals surface area contributed by atoms with Crippen molar-refractivity contribution in [2.45, 2.75) is 12.5 Å². The number of β-amino-alcohol motifs (C(OH)–C–C–N with tert-alkyl or cyclic N) is 1. The summed E-state index contributed by atoms with van der Waals surface area (Å²) in [5, 5.41) is 12.6. The number of aliphatic hydroxyl groups is 1. The third-order valence-corrected chi connectivity index (χ3v) is 4.65. The molecular formula is C20H26N2O3. The number of amides is 1. The minimum atomic E-state index is -0.538. The van der Waals surface area contributed by atoms with E-state index in [0.29, 0.717) is 32.7 Å². The topological polar surface area (TPSA) is 53.0 Å². The molecule has 0 aromatic heterocycles. The Balaban J connectivity index is 1.52. The first kappa shape index (κ1) is 17.9. The quantitative estimate of drug-likeness (QED) is 0.865. The summed E-state index contributed by atoms with van der Waals surface area (Å²) in [5.74, 6) is 0.0244. The number of likely N-dealkylation sites (N-methyl/N-ethyl adjacent to an activating group) is 1. The van der Waals surface area contributed by atoms with Crippen LogP contribution in [0.1, 0.15) is 5.56 Å². The molecule has 0 spiro atoms. The zero-order valence-electron chi connectivity index (χ0n) is 14.7. The molecule has 1 saturated heterocycles. The van der Waals surface area contributed by atoms with Gasteiger partial charge in [-0.1, -0.05) is 42.5 Å². The van der Waals surface area contributed by atoms with Crippen LogP contribution in [0.25, 0.3) is 10.8 Å². The molecule has 1 unspecified atom stereocenters. The van der Waals surface area contributed by atoms with Gasteiger partial charge < -0.3 is 14.7 Å². The van der Waals surface area contributed by atoms with Gasteiger partial charge in [-0.3, -0.25) is 9.69 Å². The average Bonchev–Trinajstić information content (AvgIpc) is 2.62. The number of rotatable bonds is 6. The normalized spacial score (nSPS) is 16.7. The van der Waals surface area contributed by atoms with Crippen molar-refractivity contribution in [2.75, 3.05) is 46.4 Å². The summed E-state index contributed by atoms with van der Waals surface area (Å²) in [4.78, 5) is 16.3. The van der Waals surface area contributed by atoms with Gasteiger partial charge in [0.2, 0.25) is 5.91 Å². The van der Waals surface area contributed by atoms with Gasteiger partial charge in [0.1, 0.15) is 0 Å². The van der Waals surface area contributed by atoms with Gasteiger partial charge >= 0.3 is 0 Å². The summed E-state index contributed by atoms with van der Waals surface area (Å²) in [6, 6.07) is 14.2. The molecule has 1 fully saturated rings. The molecule has 1 aliphatic rings. The largest absolute Gasteiger partial charge is 0.390 e. The van der Waals surface area contributed by atoms with Crippen LogP contribution in [-0.4, -0.2) is 73.4 Å². The molecule has 1 N–H and O–H groups in total. The van der Waals surface area contributed by atoms with Gasteiger partial charge in [0.05, 0.1) is 25.7 Å². The van der Waals surface area contributed by atoms with E-state index in [1.807, 2.05) is 24.3 Å². The first-order valence-corrected chi connectivity index (χ1v) is 8.81. The van der Waals surface area contributed by atoms with Gasteiger partial charge in [-0.15, -0.1) is 0 Å². The highest BCUT2D eigenvalue weighted by Gasteiger charge is 2.18. The molecule has 1 atom stereocenters. The lowest BCUT2D eigenvalue weighted by atomic mass is 10.0. The molecule has 0 saturated carbocycles. The van der Waals surface area contributed by atoms with E-state index in [4.69, 9.17) is 4.74 Å². The lowest BCUT2D eigenvalue weighted by Gasteiger charge is -2.30. The zero-order chi connectivity index (χ0) is 17.6. The van der Waals surface area contributed by atoms with Crippen molar-refractivity contribution in [3.8, 4) is 0 Å². The third kappa shape index (κ3) is 5.01. The van der Waals surface area contributed by atoms with Crippen LogP contribution in [0.5, 0.6) is 0 Å². The van der Waals surface area contributed by atoms with Crippen molar-refractivity contribution in [1.82, 2.24) is 9.80 Å². The first-order valence-electron chi connectivity index (χ1n) is 8.81. The van der Waals surface area contributed by atoms with E-state index >= 15 is 0 Å². The highest BCUT2D eigenvalue weighted by atomic mass is 16.5. The van der Waals surface area contributed by atoms with Crippen LogP contribution in [0, 0.1) is 0 Å². The molecule has 1 aliphatic heterocycles. The Hall–Kier alpha value is -1.95. The molecule has 1 amide bonds. The number of ether oxygens (including phenoxy) is 1. The maximum atomic E-state index is 12.5. The standard InChI is InChI=1S/C20H26N2O3/c1-21(14-19(23)15-22-8-10-25-11-9-22)20(24)13-16-6-7-17-4-2-3-5-18(17)12-16/h2-7,12,19,23H,8-11,13-15H2,1H3. The van der Waals surface area contributed by atoms with Gasteiger partial charge in [0.25, 0.3) is 0 Å². The van der Waals surface area contributed by atoms with Gasteiger partial charge in [0.15, 0.2) is 0 Å². The molecule has 3 rings (SSSR count). The summed E-state index contributed by atoms with van der Waals surface area (Å²) >= 11 is 0. The monoisotopic (exact) mass is 342 g/mol. The van der Waals surface area contributed by atoms with E-state index in [0.717, 1.165) is 24.0 Å². The van der Waals surface area contributed by atoms with Crippen LogP contribution in [-0.2, 0) is 16.0 Å². The highest BCUT2D eigenvalue weighted by molar-refractivity contribution is 5.85. The molecule has 5 heteroatoms. The van der Waals surface area contributed by atoms with Crippen molar-refractivity contribution < 1.29 is 14.6 Å². The Labute approximate surface area is 148 Å². The molecule has 2 aromatic rings. The van der Waals surface area contributed by atoms with Crippen LogP contribution in [0.15, 0.2) is 42.5 Å². The van der Waals surface area contributed by atoms with Gasteiger partial charge in [-0.05, 0) is 16.3 Å². The van der Waals surface area contributed by atoms with E-state index < -0.39 is 6.10 Å². The van der Waals surface area contributed by atoms with E-state index in [9.17, 15) is 9.90 Å². The Morgan fingerprint density at radius 1 is 1.20 bits per heavy atom. The van der Waals surface area contributed by atoms with E-state index in [1.165, 1.54) is 5.39 Å². The summed E-state index contributed by atoms with van der Waals surface area (Å²) in [5.41, 5.74) is 0.998. The van der Waals surface area contributed by atoms with E-state index in [2.05, 4.69) is 23.1 Å². The molecule has 25 heavy (non-hydrogen) atoms. The Bertz CT molecular complexity index is 713. The first-order chi connectivity index (χ1) is 12.1. The van der Waals surface area contributed by atoms with Gasteiger partial charge in [-0.2, -0.15) is 0 Å². The number of nitrogens with zero attached hydrogens (tertiary/aromatic N) is 2. The fourth-order valence-corrected chi connectivity index (χ4v) is 3.22. The molecule has 1 heterocycles. The SMILES string of the molecule is CN(CC(O)CN1CCOCC1)C(=O)Cc1ccc2ccccc2c1. The van der Waals surface area contributed by atoms with Crippen molar-refractivity contribution in [1.29, 1.82) is 0 Å². The summed E-state index contributed by atoms with van der Waals surface area (Å²) < 4.78 is 5.31. The van der Waals surface area contributed by atoms with Crippen LogP contribution in [0.2, 0.25) is 0 Å². The smallest absolute Gasteiger partial charge is 0.226 e. The predicted molar refractivity (Wildman–Crippen MR) is 98.6 cm³/mol. The fraction of sp³-hybridized carbons (Fsp3) is 0.450. The molecule has 0 aliphatic carbocycles. The zero-order valence-corrected chi connectivity index (χ0v) is 14.7. The molecule has 5 nitrogen and oxygen atoms in total. The molecule has 0 bridgehead atoms. The van der Waals surface area contributed by atoms with Gasteiger partial charge in [0, 0.05) is 33.2 Å². The summed E-state index contributed by atoms with van der Waals surface area (Å²) in [7, 11) is 1.76. The Kier molecular flexibility index (Phi) is 6.02. The predicted octanol–water partition coefficient (Wildman–Crippen LogP) is 1.53. The molecule has 134 valence electrons. The van der Waals surface area contributed by atoms with Crippen molar-refractivity contribution in [3.05, 3.63) is 48.0 Å². The lowest BCUT2D eigenvalue weighted by Crippen LogP contribution is -2.45. The maximum absolute atomic E-state index is 12.5. The average molecular weight is 342 g/mol. The highest BCUT2D eigenvalue weighted by Crippen LogP contribution is 2.16. The van der Waals surface area contributed by atoms with E-state index in [1.54, 1.807) is 11.9 Å². The van der Waals surface area contributed by atoms with E-state index in [-0.39, 0.29) is 5.91 Å². The number of carbonyl (C=O) groups excluding carboxylic acids is 1. The Morgan fingerprint density at radius 2 is 1.92 bits per heavy atom. The second-order valence-corrected chi connectivity index (χ2v) is 6.70. The number of hydrogen-bond donors (Lipinski definition) is 1. The second-order valence-electron chi connectivity index (χ2n) is 6.70.